The molecule has 1 N–H and O–H groups in total. The van der Waals surface area contributed by atoms with Crippen LogP contribution >= 0.6 is 24.8 Å². The Balaban J connectivity index is 0.00000144. The first kappa shape index (κ1) is 25.7. The molecule has 0 radical (unpaired) electrons. The van der Waals surface area contributed by atoms with Gasteiger partial charge >= 0.3 is 0 Å². The van der Waals surface area contributed by atoms with E-state index < -0.39 is 0 Å². The van der Waals surface area contributed by atoms with Crippen LogP contribution in [0.2, 0.25) is 0 Å². The number of hydrogen-bond acceptors (Lipinski definition) is 3. The molecule has 4 fully saturated rings. The van der Waals surface area contributed by atoms with Crippen LogP contribution in [0.1, 0.15) is 76.2 Å². The van der Waals surface area contributed by atoms with Crippen LogP contribution in [0.15, 0.2) is 18.2 Å². The Kier molecular flexibility index (Phi) is 8.51. The number of nitrogens with zero attached hydrogens (tertiary/aromatic N) is 2. The molecule has 32 heavy (non-hydrogen) atoms. The van der Waals surface area contributed by atoms with Gasteiger partial charge in [0.25, 0.3) is 0 Å². The average molecular weight is 487 g/mol. The summed E-state index contributed by atoms with van der Waals surface area (Å²) < 4.78 is 15.1. The van der Waals surface area contributed by atoms with Crippen molar-refractivity contribution < 1.29 is 9.18 Å². The van der Waals surface area contributed by atoms with Gasteiger partial charge in [-0.2, -0.15) is 0 Å². The molecule has 1 spiro atoms. The third-order valence-electron chi connectivity index (χ3n) is 8.58. The van der Waals surface area contributed by atoms with Crippen LogP contribution in [0.3, 0.4) is 0 Å². The highest BCUT2D eigenvalue weighted by Crippen LogP contribution is 2.43. The number of halogens is 3. The Bertz CT molecular complexity index is 793. The highest BCUT2D eigenvalue weighted by Gasteiger charge is 2.47. The molecular formula is C25H38Cl2FN3O. The van der Waals surface area contributed by atoms with Crippen molar-refractivity contribution in [1.82, 2.24) is 10.2 Å². The van der Waals surface area contributed by atoms with Crippen molar-refractivity contribution in [3.05, 3.63) is 29.6 Å². The lowest BCUT2D eigenvalue weighted by molar-refractivity contribution is -0.126. The molecule has 1 aromatic rings. The van der Waals surface area contributed by atoms with Crippen LogP contribution in [0.25, 0.3) is 0 Å². The van der Waals surface area contributed by atoms with E-state index in [1.165, 1.54) is 32.2 Å². The Hall–Kier alpha value is -0.880. The van der Waals surface area contributed by atoms with Gasteiger partial charge in [0, 0.05) is 18.6 Å². The molecule has 3 aliphatic heterocycles. The van der Waals surface area contributed by atoms with Crippen molar-refractivity contribution in [3.63, 3.8) is 0 Å². The normalized spacial score (nSPS) is 30.2. The van der Waals surface area contributed by atoms with Crippen molar-refractivity contribution in [2.45, 2.75) is 82.7 Å². The van der Waals surface area contributed by atoms with Gasteiger partial charge in [-0.1, -0.05) is 6.07 Å². The van der Waals surface area contributed by atoms with E-state index in [0.717, 1.165) is 56.8 Å². The smallest absolute Gasteiger partial charge is 0.233 e. The number of hydrogen-bond donors (Lipinski definition) is 1. The average Bonchev–Trinajstić information content (AvgIpc) is 3.33. The van der Waals surface area contributed by atoms with Crippen molar-refractivity contribution in [2.24, 2.45) is 5.41 Å². The van der Waals surface area contributed by atoms with Gasteiger partial charge in [0.05, 0.1) is 11.1 Å². The molecule has 3 saturated heterocycles. The largest absolute Gasteiger partial charge is 0.317 e. The van der Waals surface area contributed by atoms with E-state index >= 15 is 4.39 Å². The maximum Gasteiger partial charge on any atom is 0.233 e. The number of nitrogens with one attached hydrogen (secondary N) is 1. The molecule has 1 aliphatic carbocycles. The van der Waals surface area contributed by atoms with Crippen molar-refractivity contribution in [3.8, 4) is 0 Å². The van der Waals surface area contributed by atoms with Gasteiger partial charge in [-0.3, -0.25) is 9.69 Å². The first-order chi connectivity index (χ1) is 14.6. The minimum absolute atomic E-state index is 0. The number of anilines is 1. The first-order valence-electron chi connectivity index (χ1n) is 12.2. The fourth-order valence-electron chi connectivity index (χ4n) is 6.65. The van der Waals surface area contributed by atoms with E-state index in [9.17, 15) is 4.79 Å². The third-order valence-corrected chi connectivity index (χ3v) is 8.58. The van der Waals surface area contributed by atoms with E-state index in [2.05, 4.69) is 23.2 Å². The van der Waals surface area contributed by atoms with Gasteiger partial charge in [0.1, 0.15) is 5.82 Å². The highest BCUT2D eigenvalue weighted by molar-refractivity contribution is 6.00. The Labute approximate surface area is 204 Å². The number of amides is 1. The molecule has 1 atom stereocenters. The zero-order chi connectivity index (χ0) is 20.7. The zero-order valence-electron chi connectivity index (χ0n) is 19.2. The summed E-state index contributed by atoms with van der Waals surface area (Å²) in [5.41, 5.74) is 1.34. The second kappa shape index (κ2) is 10.6. The van der Waals surface area contributed by atoms with E-state index in [0.29, 0.717) is 24.2 Å². The minimum atomic E-state index is -0.262. The molecule has 0 aromatic heterocycles. The van der Waals surface area contributed by atoms with Crippen molar-refractivity contribution >= 4 is 36.4 Å². The number of piperidine rings is 1. The summed E-state index contributed by atoms with van der Waals surface area (Å²) in [6.07, 6.45) is 10.0. The van der Waals surface area contributed by atoms with Crippen LogP contribution in [0.5, 0.6) is 0 Å². The van der Waals surface area contributed by atoms with Gasteiger partial charge in [0.2, 0.25) is 5.91 Å². The minimum Gasteiger partial charge on any atom is -0.317 e. The second-order valence-electron chi connectivity index (χ2n) is 10.2. The number of rotatable bonds is 3. The summed E-state index contributed by atoms with van der Waals surface area (Å²) in [7, 11) is 0. The summed E-state index contributed by atoms with van der Waals surface area (Å²) in [4.78, 5) is 17.6. The maximum absolute atomic E-state index is 15.1. The van der Waals surface area contributed by atoms with Gasteiger partial charge in [-0.15, -0.1) is 24.8 Å². The number of carbonyl (C=O) groups excluding carboxylic acids is 1. The number of likely N-dealkylation sites (tertiary alicyclic amines) is 1. The predicted octanol–water partition coefficient (Wildman–Crippen LogP) is 5.29. The lowest BCUT2D eigenvalue weighted by Gasteiger charge is -2.37. The number of benzene rings is 1. The number of carbonyl (C=O) groups is 1. The molecule has 0 unspecified atom stereocenters. The quantitative estimate of drug-likeness (QED) is 0.631. The monoisotopic (exact) mass is 485 g/mol. The fraction of sp³-hybridized carbons (Fsp3) is 0.720. The summed E-state index contributed by atoms with van der Waals surface area (Å²) in [5.74, 6) is 0.366. The van der Waals surface area contributed by atoms with E-state index in [-0.39, 0.29) is 42.0 Å². The van der Waals surface area contributed by atoms with Crippen LogP contribution in [-0.4, -0.2) is 49.1 Å². The topological polar surface area (TPSA) is 35.6 Å². The van der Waals surface area contributed by atoms with Gasteiger partial charge < -0.3 is 10.2 Å². The van der Waals surface area contributed by atoms with Gasteiger partial charge in [-0.05, 0) is 108 Å². The molecule has 4 nitrogen and oxygen atoms in total. The fourth-order valence-corrected chi connectivity index (χ4v) is 6.65. The summed E-state index contributed by atoms with van der Waals surface area (Å²) in [5, 5.41) is 3.34. The van der Waals surface area contributed by atoms with Crippen LogP contribution in [0.4, 0.5) is 10.1 Å². The molecule has 180 valence electrons. The molecule has 5 rings (SSSR count). The molecule has 7 heteroatoms. The third kappa shape index (κ3) is 4.68. The SMILES string of the molecule is C[C@@H]1CCCN1C1CCC(c2ccc(N3CCC4(CCNCC4)C3=O)c(F)c2)CC1.Cl.Cl. The molecule has 1 saturated carbocycles. The lowest BCUT2D eigenvalue weighted by atomic mass is 9.77. The van der Waals surface area contributed by atoms with E-state index in [1.54, 1.807) is 11.0 Å². The predicted molar refractivity (Wildman–Crippen MR) is 133 cm³/mol. The molecule has 4 aliphatic rings. The van der Waals surface area contributed by atoms with Gasteiger partial charge in [-0.25, -0.2) is 4.39 Å². The molecule has 1 amide bonds. The second-order valence-corrected chi connectivity index (χ2v) is 10.2. The molecule has 1 aromatic carbocycles. The van der Waals surface area contributed by atoms with E-state index in [1.807, 2.05) is 6.07 Å². The lowest BCUT2D eigenvalue weighted by Crippen LogP contribution is -2.42. The Morgan fingerprint density at radius 1 is 1.00 bits per heavy atom. The zero-order valence-corrected chi connectivity index (χ0v) is 20.8. The highest BCUT2D eigenvalue weighted by atomic mass is 35.5. The molecule has 3 heterocycles. The summed E-state index contributed by atoms with van der Waals surface area (Å²) in [6.45, 7) is 6.04. The summed E-state index contributed by atoms with van der Waals surface area (Å²) >= 11 is 0. The summed E-state index contributed by atoms with van der Waals surface area (Å²) in [6, 6.07) is 7.12. The standard InChI is InChI=1S/C25H36FN3O.2ClH/c1-18-3-2-15-28(18)21-7-4-19(5-8-21)20-6-9-23(22(26)17-20)29-16-12-25(24(29)30)10-13-27-14-11-25;;/h6,9,17-19,21,27H,2-5,7-8,10-16H2,1H3;2*1H/t18-,19?,21?;;/m1../s1. The first-order valence-corrected chi connectivity index (χ1v) is 12.2. The molecule has 0 bridgehead atoms. The Morgan fingerprint density at radius 2 is 1.72 bits per heavy atom. The van der Waals surface area contributed by atoms with Gasteiger partial charge in [0.15, 0.2) is 0 Å². The van der Waals surface area contributed by atoms with Crippen molar-refractivity contribution in [2.75, 3.05) is 31.1 Å². The van der Waals surface area contributed by atoms with Crippen molar-refractivity contribution in [1.29, 1.82) is 0 Å². The van der Waals surface area contributed by atoms with Crippen LogP contribution < -0.4 is 10.2 Å². The molecular weight excluding hydrogens is 448 g/mol. The van der Waals surface area contributed by atoms with Crippen LogP contribution in [-0.2, 0) is 4.79 Å². The van der Waals surface area contributed by atoms with E-state index in [4.69, 9.17) is 0 Å². The Morgan fingerprint density at radius 3 is 2.34 bits per heavy atom. The van der Waals surface area contributed by atoms with Crippen LogP contribution in [0, 0.1) is 11.2 Å². The maximum atomic E-state index is 15.1.